The van der Waals surface area contributed by atoms with Crippen molar-refractivity contribution in [3.05, 3.63) is 23.3 Å². The van der Waals surface area contributed by atoms with Gasteiger partial charge in [0, 0.05) is 0 Å². The van der Waals surface area contributed by atoms with Crippen LogP contribution in [-0.4, -0.2) is 13.4 Å². The van der Waals surface area contributed by atoms with E-state index < -0.39 is 0 Å². The molecule has 5 rings (SSSR count). The molecular formula is C34H56B2. The molecule has 0 unspecified atom stereocenters. The van der Waals surface area contributed by atoms with Crippen molar-refractivity contribution in [3.63, 3.8) is 0 Å². The second-order valence-electron chi connectivity index (χ2n) is 13.7. The lowest BCUT2D eigenvalue weighted by Gasteiger charge is -2.43. The fraction of sp³-hybridized carbons (Fsp3) is 0.824. The molecule has 2 heteroatoms. The molecule has 198 valence electrons. The lowest BCUT2D eigenvalue weighted by Crippen LogP contribution is -2.50. The molecule has 0 saturated carbocycles. The van der Waals surface area contributed by atoms with E-state index in [9.17, 15) is 0 Å². The molecule has 0 aromatic heterocycles. The molecule has 0 radical (unpaired) electrons. The molecule has 0 spiro atoms. The zero-order chi connectivity index (χ0) is 24.7. The van der Waals surface area contributed by atoms with Crippen molar-refractivity contribution in [1.29, 1.82) is 0 Å². The van der Waals surface area contributed by atoms with Crippen LogP contribution in [0.15, 0.2) is 12.1 Å². The molecule has 4 aliphatic heterocycles. The Hall–Kier alpha value is -0.650. The SMILES string of the molecule is CCCCCCc1cc(B2C3CCCC2CCC3)c(CCCCCC)cc1B1C2CCCC1CCC2. The number of fused-ring (bicyclic) bond motifs is 4. The Kier molecular flexibility index (Phi) is 10.0. The molecule has 1 aromatic carbocycles. The van der Waals surface area contributed by atoms with Gasteiger partial charge in [-0.05, 0) is 25.7 Å². The molecule has 0 N–H and O–H groups in total. The topological polar surface area (TPSA) is 0 Å². The van der Waals surface area contributed by atoms with Crippen molar-refractivity contribution in [1.82, 2.24) is 0 Å². The van der Waals surface area contributed by atoms with Gasteiger partial charge in [0.15, 0.2) is 13.4 Å². The van der Waals surface area contributed by atoms with Crippen molar-refractivity contribution in [2.75, 3.05) is 0 Å². The van der Waals surface area contributed by atoms with Crippen LogP contribution in [0, 0.1) is 0 Å². The Morgan fingerprint density at radius 1 is 0.500 bits per heavy atom. The van der Waals surface area contributed by atoms with Gasteiger partial charge >= 0.3 is 0 Å². The summed E-state index contributed by atoms with van der Waals surface area (Å²) < 4.78 is 0. The van der Waals surface area contributed by atoms with Gasteiger partial charge < -0.3 is 0 Å². The zero-order valence-corrected chi connectivity index (χ0v) is 24.2. The van der Waals surface area contributed by atoms with E-state index in [1.807, 2.05) is 22.1 Å². The van der Waals surface area contributed by atoms with Gasteiger partial charge in [-0.25, -0.2) is 0 Å². The Balaban J connectivity index is 1.52. The quantitative estimate of drug-likeness (QED) is 0.204. The van der Waals surface area contributed by atoms with Gasteiger partial charge in [-0.2, -0.15) is 0 Å². The Morgan fingerprint density at radius 2 is 0.833 bits per heavy atom. The minimum absolute atomic E-state index is 0.892. The predicted molar refractivity (Wildman–Crippen MR) is 163 cm³/mol. The summed E-state index contributed by atoms with van der Waals surface area (Å²) in [5.41, 5.74) is 7.39. The molecule has 4 bridgehead atoms. The van der Waals surface area contributed by atoms with Crippen LogP contribution in [0.3, 0.4) is 0 Å². The molecule has 0 atom stereocenters. The normalized spacial score (nSPS) is 27.9. The highest BCUT2D eigenvalue weighted by atomic mass is 14.3. The second kappa shape index (κ2) is 13.4. The minimum atomic E-state index is 0.892. The van der Waals surface area contributed by atoms with E-state index in [-0.39, 0.29) is 0 Å². The van der Waals surface area contributed by atoms with Crippen LogP contribution in [0.4, 0.5) is 0 Å². The van der Waals surface area contributed by atoms with Crippen molar-refractivity contribution >= 4 is 24.4 Å². The standard InChI is InChI=1S/C34H56B2/c1-3-5-7-9-15-27-25-34(36-31-21-13-22-32(36)24-14-23-31)28(16-10-8-6-4-2)26-33(27)35-29-17-11-18-30(35)20-12-19-29/h25-26,29-32H,3-24H2,1-2H3. The van der Waals surface area contributed by atoms with Gasteiger partial charge in [-0.1, -0.05) is 187 Å². The molecule has 4 heterocycles. The number of benzene rings is 1. The maximum atomic E-state index is 2.89. The van der Waals surface area contributed by atoms with Crippen molar-refractivity contribution in [2.45, 2.75) is 178 Å². The lowest BCUT2D eigenvalue weighted by molar-refractivity contribution is 0.447. The number of unbranched alkanes of at least 4 members (excludes halogenated alkanes) is 6. The van der Waals surface area contributed by atoms with Gasteiger partial charge in [0.25, 0.3) is 0 Å². The fourth-order valence-corrected chi connectivity index (χ4v) is 9.63. The summed E-state index contributed by atoms with van der Waals surface area (Å²) >= 11 is 0. The van der Waals surface area contributed by atoms with Crippen LogP contribution in [0.1, 0.15) is 153 Å². The molecule has 4 aliphatic rings. The third-order valence-electron chi connectivity index (χ3n) is 11.3. The molecular weight excluding hydrogens is 430 g/mol. The highest BCUT2D eigenvalue weighted by molar-refractivity contribution is 6.78. The Morgan fingerprint density at radius 3 is 1.14 bits per heavy atom. The minimum Gasteiger partial charge on any atom is -0.0761 e. The predicted octanol–water partition coefficient (Wildman–Crippen LogP) is 9.55. The second-order valence-corrected chi connectivity index (χ2v) is 13.7. The number of rotatable bonds is 12. The summed E-state index contributed by atoms with van der Waals surface area (Å²) in [6.07, 6.45) is 32.0. The van der Waals surface area contributed by atoms with E-state index >= 15 is 0 Å². The number of hydrogen-bond donors (Lipinski definition) is 0. The maximum absolute atomic E-state index is 2.89. The monoisotopic (exact) mass is 486 g/mol. The average Bonchev–Trinajstić information content (AvgIpc) is 2.88. The summed E-state index contributed by atoms with van der Waals surface area (Å²) in [6, 6.07) is 5.78. The van der Waals surface area contributed by atoms with E-state index in [0.717, 1.165) is 36.7 Å². The van der Waals surface area contributed by atoms with Crippen molar-refractivity contribution < 1.29 is 0 Å². The summed E-state index contributed by atoms with van der Waals surface area (Å²) in [5.74, 6) is 3.94. The largest absolute Gasteiger partial charge is 0.182 e. The molecule has 1 aromatic rings. The fourth-order valence-electron chi connectivity index (χ4n) is 9.63. The van der Waals surface area contributed by atoms with Crippen LogP contribution in [0.2, 0.25) is 23.3 Å². The maximum Gasteiger partial charge on any atom is 0.182 e. The lowest BCUT2D eigenvalue weighted by atomic mass is 9.22. The first-order valence-electron chi connectivity index (χ1n) is 17.0. The van der Waals surface area contributed by atoms with E-state index in [1.165, 1.54) is 141 Å². The van der Waals surface area contributed by atoms with E-state index in [0.29, 0.717) is 0 Å². The first-order valence-corrected chi connectivity index (χ1v) is 17.0. The summed E-state index contributed by atoms with van der Waals surface area (Å²) in [4.78, 5) is 0. The van der Waals surface area contributed by atoms with Gasteiger partial charge in [-0.3, -0.25) is 0 Å². The molecule has 0 amide bonds. The van der Waals surface area contributed by atoms with Crippen LogP contribution in [0.25, 0.3) is 0 Å². The van der Waals surface area contributed by atoms with Crippen molar-refractivity contribution in [3.8, 4) is 0 Å². The number of hydrogen-bond acceptors (Lipinski definition) is 0. The molecule has 0 nitrogen and oxygen atoms in total. The van der Waals surface area contributed by atoms with E-state index in [4.69, 9.17) is 0 Å². The average molecular weight is 486 g/mol. The number of aryl methyl sites for hydroxylation is 2. The zero-order valence-electron chi connectivity index (χ0n) is 24.2. The smallest absolute Gasteiger partial charge is 0.0761 e. The summed E-state index contributed by atoms with van der Waals surface area (Å²) in [7, 11) is 0. The first kappa shape index (κ1) is 26.9. The summed E-state index contributed by atoms with van der Waals surface area (Å²) in [6.45, 7) is 6.51. The van der Waals surface area contributed by atoms with Crippen LogP contribution >= 0.6 is 0 Å². The Bertz CT molecular complexity index is 704. The van der Waals surface area contributed by atoms with E-state index in [1.54, 1.807) is 0 Å². The third-order valence-corrected chi connectivity index (χ3v) is 11.3. The van der Waals surface area contributed by atoms with Crippen molar-refractivity contribution in [2.24, 2.45) is 0 Å². The van der Waals surface area contributed by atoms with Gasteiger partial charge in [0.05, 0.1) is 0 Å². The van der Waals surface area contributed by atoms with Gasteiger partial charge in [0.1, 0.15) is 0 Å². The van der Waals surface area contributed by atoms with Crippen LogP contribution in [0.5, 0.6) is 0 Å². The highest BCUT2D eigenvalue weighted by Gasteiger charge is 2.44. The summed E-state index contributed by atoms with van der Waals surface area (Å²) in [5, 5.41) is 0. The van der Waals surface area contributed by atoms with E-state index in [2.05, 4.69) is 26.0 Å². The van der Waals surface area contributed by atoms with Crippen LogP contribution in [-0.2, 0) is 12.8 Å². The van der Waals surface area contributed by atoms with Crippen LogP contribution < -0.4 is 10.9 Å². The molecule has 4 fully saturated rings. The van der Waals surface area contributed by atoms with Gasteiger partial charge in [-0.15, -0.1) is 0 Å². The van der Waals surface area contributed by atoms with Gasteiger partial charge in [0.2, 0.25) is 0 Å². The highest BCUT2D eigenvalue weighted by Crippen LogP contribution is 2.48. The molecule has 36 heavy (non-hydrogen) atoms. The first-order chi connectivity index (χ1) is 17.8. The third kappa shape index (κ3) is 6.15. The molecule has 0 aliphatic carbocycles. The molecule has 4 saturated heterocycles. The Labute approximate surface area is 225 Å².